The van der Waals surface area contributed by atoms with Gasteiger partial charge in [0.15, 0.2) is 5.13 Å². The Balaban J connectivity index is 1.59. The van der Waals surface area contributed by atoms with E-state index in [0.717, 1.165) is 32.4 Å². The molecule has 1 N–H and O–H groups in total. The number of hydrogen-bond acceptors (Lipinski definition) is 4. The van der Waals surface area contributed by atoms with Crippen LogP contribution < -0.4 is 5.32 Å². The van der Waals surface area contributed by atoms with Crippen molar-refractivity contribution in [3.8, 4) is 0 Å². The number of anilines is 1. The lowest BCUT2D eigenvalue weighted by atomic mass is 10.0. The van der Waals surface area contributed by atoms with Gasteiger partial charge < -0.3 is 5.32 Å². The Morgan fingerprint density at radius 1 is 1.32 bits per heavy atom. The van der Waals surface area contributed by atoms with Crippen LogP contribution in [-0.4, -0.2) is 34.9 Å². The highest BCUT2D eigenvalue weighted by atomic mass is 32.1. The van der Waals surface area contributed by atoms with Gasteiger partial charge in [-0.15, -0.1) is 11.3 Å². The maximum absolute atomic E-state index is 12.5. The van der Waals surface area contributed by atoms with E-state index in [4.69, 9.17) is 0 Å². The summed E-state index contributed by atoms with van der Waals surface area (Å²) in [5, 5.41) is 5.52. The number of aromatic nitrogens is 1. The molecule has 22 heavy (non-hydrogen) atoms. The Bertz CT molecular complexity index is 585. The monoisotopic (exact) mass is 315 g/mol. The van der Waals surface area contributed by atoms with E-state index >= 15 is 0 Å². The van der Waals surface area contributed by atoms with Crippen LogP contribution in [0.2, 0.25) is 0 Å². The molecule has 1 amide bonds. The zero-order valence-corrected chi connectivity index (χ0v) is 13.4. The fraction of sp³-hybridized carbons (Fsp3) is 0.412. The van der Waals surface area contributed by atoms with Gasteiger partial charge in [0.05, 0.1) is 6.04 Å². The van der Waals surface area contributed by atoms with Gasteiger partial charge in [0.1, 0.15) is 0 Å². The van der Waals surface area contributed by atoms with E-state index in [2.05, 4.69) is 39.5 Å². The first-order chi connectivity index (χ1) is 10.8. The molecule has 5 heteroatoms. The minimum absolute atomic E-state index is 0.0265. The van der Waals surface area contributed by atoms with Crippen LogP contribution >= 0.6 is 11.3 Å². The number of nitrogens with zero attached hydrogens (tertiary/aromatic N) is 2. The summed E-state index contributed by atoms with van der Waals surface area (Å²) in [6.45, 7) is 1.93. The lowest BCUT2D eigenvalue weighted by Crippen LogP contribution is -2.47. The van der Waals surface area contributed by atoms with Crippen molar-refractivity contribution < 1.29 is 4.79 Å². The second-order valence-corrected chi connectivity index (χ2v) is 6.50. The third-order valence-corrected chi connectivity index (χ3v) is 4.80. The summed E-state index contributed by atoms with van der Waals surface area (Å²) in [5.74, 6) is 0.0858. The van der Waals surface area contributed by atoms with E-state index in [0.29, 0.717) is 5.13 Å². The maximum atomic E-state index is 12.5. The van der Waals surface area contributed by atoms with E-state index in [1.54, 1.807) is 6.20 Å². The first-order valence-electron chi connectivity index (χ1n) is 7.81. The molecule has 0 aliphatic carbocycles. The molecular weight excluding hydrogens is 294 g/mol. The summed E-state index contributed by atoms with van der Waals surface area (Å²) in [6, 6.07) is 10.4. The molecule has 2 aromatic rings. The van der Waals surface area contributed by atoms with Gasteiger partial charge in [0.2, 0.25) is 5.91 Å². The topological polar surface area (TPSA) is 45.2 Å². The van der Waals surface area contributed by atoms with E-state index in [9.17, 15) is 4.79 Å². The standard InChI is InChI=1S/C17H21N3OS/c21-16(19-17-18-10-13-22-17)15-8-4-5-11-20(15)12-9-14-6-2-1-3-7-14/h1-3,6-7,10,13,15H,4-5,8-9,11-12H2,(H,18,19,21)/t15-/m0/s1. The zero-order chi connectivity index (χ0) is 15.2. The smallest absolute Gasteiger partial charge is 0.243 e. The summed E-state index contributed by atoms with van der Waals surface area (Å²) >= 11 is 1.47. The molecule has 1 aromatic heterocycles. The van der Waals surface area contributed by atoms with Crippen molar-refractivity contribution in [3.05, 3.63) is 47.5 Å². The van der Waals surface area contributed by atoms with E-state index in [1.807, 2.05) is 11.4 Å². The Morgan fingerprint density at radius 3 is 2.95 bits per heavy atom. The molecule has 0 spiro atoms. The fourth-order valence-corrected chi connectivity index (χ4v) is 3.48. The van der Waals surface area contributed by atoms with Crippen molar-refractivity contribution in [2.45, 2.75) is 31.7 Å². The first kappa shape index (κ1) is 15.2. The predicted octanol–water partition coefficient (Wildman–Crippen LogP) is 3.18. The van der Waals surface area contributed by atoms with Crippen LogP contribution in [0.25, 0.3) is 0 Å². The van der Waals surface area contributed by atoms with Crippen molar-refractivity contribution in [2.75, 3.05) is 18.4 Å². The second kappa shape index (κ2) is 7.51. The minimum Gasteiger partial charge on any atom is -0.301 e. The van der Waals surface area contributed by atoms with Crippen molar-refractivity contribution in [3.63, 3.8) is 0 Å². The molecule has 0 radical (unpaired) electrons. The Morgan fingerprint density at radius 2 is 2.18 bits per heavy atom. The molecule has 3 rings (SSSR count). The first-order valence-corrected chi connectivity index (χ1v) is 8.69. The van der Waals surface area contributed by atoms with Crippen LogP contribution in [0.3, 0.4) is 0 Å². The molecule has 116 valence electrons. The van der Waals surface area contributed by atoms with Gasteiger partial charge in [-0.2, -0.15) is 0 Å². The normalized spacial score (nSPS) is 19.0. The number of rotatable bonds is 5. The van der Waals surface area contributed by atoms with Crippen molar-refractivity contribution in [2.24, 2.45) is 0 Å². The largest absolute Gasteiger partial charge is 0.301 e. The number of carbonyl (C=O) groups is 1. The molecule has 1 fully saturated rings. The number of amides is 1. The summed E-state index contributed by atoms with van der Waals surface area (Å²) in [7, 11) is 0. The molecule has 1 atom stereocenters. The highest BCUT2D eigenvalue weighted by Crippen LogP contribution is 2.20. The summed E-state index contributed by atoms with van der Waals surface area (Å²) in [5.41, 5.74) is 1.33. The Labute approximate surface area is 135 Å². The van der Waals surface area contributed by atoms with Crippen molar-refractivity contribution in [1.82, 2.24) is 9.88 Å². The minimum atomic E-state index is -0.0265. The summed E-state index contributed by atoms with van der Waals surface area (Å²) < 4.78 is 0. The van der Waals surface area contributed by atoms with Gasteiger partial charge in [-0.05, 0) is 31.4 Å². The summed E-state index contributed by atoms with van der Waals surface area (Å²) in [4.78, 5) is 19.0. The quantitative estimate of drug-likeness (QED) is 0.922. The molecule has 1 aliphatic heterocycles. The SMILES string of the molecule is O=C(Nc1nccs1)[C@@H]1CCCCN1CCc1ccccc1. The number of carbonyl (C=O) groups excluding carboxylic acids is 1. The predicted molar refractivity (Wildman–Crippen MR) is 90.1 cm³/mol. The molecule has 0 unspecified atom stereocenters. The average Bonchev–Trinajstić information content (AvgIpc) is 3.07. The van der Waals surface area contributed by atoms with Gasteiger partial charge in [0, 0.05) is 18.1 Å². The van der Waals surface area contributed by atoms with Crippen LogP contribution in [0.4, 0.5) is 5.13 Å². The van der Waals surface area contributed by atoms with Crippen LogP contribution in [0.5, 0.6) is 0 Å². The molecule has 1 aliphatic rings. The fourth-order valence-electron chi connectivity index (χ4n) is 2.95. The van der Waals surface area contributed by atoms with Crippen molar-refractivity contribution >= 4 is 22.4 Å². The molecule has 1 aromatic carbocycles. The summed E-state index contributed by atoms with van der Waals surface area (Å²) in [6.07, 6.45) is 5.94. The molecule has 2 heterocycles. The third kappa shape index (κ3) is 3.93. The maximum Gasteiger partial charge on any atom is 0.243 e. The molecule has 4 nitrogen and oxygen atoms in total. The van der Waals surface area contributed by atoms with E-state index in [1.165, 1.54) is 23.3 Å². The lowest BCUT2D eigenvalue weighted by Gasteiger charge is -2.34. The molecular formula is C17H21N3OS. The van der Waals surface area contributed by atoms with Crippen molar-refractivity contribution in [1.29, 1.82) is 0 Å². The van der Waals surface area contributed by atoms with Gasteiger partial charge in [-0.3, -0.25) is 9.69 Å². The van der Waals surface area contributed by atoms with Crippen LogP contribution in [0.1, 0.15) is 24.8 Å². The highest BCUT2D eigenvalue weighted by molar-refractivity contribution is 7.13. The van der Waals surface area contributed by atoms with Gasteiger partial charge >= 0.3 is 0 Å². The van der Waals surface area contributed by atoms with Crippen LogP contribution in [0, 0.1) is 0 Å². The van der Waals surface area contributed by atoms with Gasteiger partial charge in [0.25, 0.3) is 0 Å². The number of thiazole rings is 1. The van der Waals surface area contributed by atoms with Crippen LogP contribution in [-0.2, 0) is 11.2 Å². The number of hydrogen-bond donors (Lipinski definition) is 1. The molecule has 0 saturated carbocycles. The number of likely N-dealkylation sites (tertiary alicyclic amines) is 1. The molecule has 0 bridgehead atoms. The third-order valence-electron chi connectivity index (χ3n) is 4.11. The zero-order valence-electron chi connectivity index (χ0n) is 12.6. The van der Waals surface area contributed by atoms with Gasteiger partial charge in [-0.25, -0.2) is 4.98 Å². The number of nitrogens with one attached hydrogen (secondary N) is 1. The Kier molecular flexibility index (Phi) is 5.19. The molecule has 1 saturated heterocycles. The second-order valence-electron chi connectivity index (χ2n) is 5.61. The average molecular weight is 315 g/mol. The Hall–Kier alpha value is -1.72. The highest BCUT2D eigenvalue weighted by Gasteiger charge is 2.28. The van der Waals surface area contributed by atoms with E-state index in [-0.39, 0.29) is 11.9 Å². The van der Waals surface area contributed by atoms with Gasteiger partial charge in [-0.1, -0.05) is 36.8 Å². The number of piperidine rings is 1. The lowest BCUT2D eigenvalue weighted by molar-refractivity contribution is -0.122. The van der Waals surface area contributed by atoms with E-state index < -0.39 is 0 Å². The van der Waals surface area contributed by atoms with Crippen LogP contribution in [0.15, 0.2) is 41.9 Å². The number of benzene rings is 1.